The van der Waals surface area contributed by atoms with Gasteiger partial charge in [0.15, 0.2) is 9.84 Å². The Balaban J connectivity index is 1.71. The van der Waals surface area contributed by atoms with Gasteiger partial charge in [-0.1, -0.05) is 43.5 Å². The molecule has 42 heavy (non-hydrogen) atoms. The van der Waals surface area contributed by atoms with Gasteiger partial charge in [-0.15, -0.1) is 9.24 Å². The van der Waals surface area contributed by atoms with Crippen molar-refractivity contribution >= 4 is 36.0 Å². The van der Waals surface area contributed by atoms with Gasteiger partial charge in [0.25, 0.3) is 0 Å². The lowest BCUT2D eigenvalue weighted by atomic mass is 9.82. The fraction of sp³-hybridized carbons (Fsp3) is 0.536. The van der Waals surface area contributed by atoms with Crippen LogP contribution in [0.1, 0.15) is 49.7 Å². The van der Waals surface area contributed by atoms with Crippen LogP contribution in [0.4, 0.5) is 36.4 Å². The van der Waals surface area contributed by atoms with E-state index in [9.17, 15) is 39.6 Å². The van der Waals surface area contributed by atoms with Crippen molar-refractivity contribution in [1.29, 1.82) is 0 Å². The van der Waals surface area contributed by atoms with Crippen molar-refractivity contribution < 1.29 is 43.9 Å². The predicted octanol–water partition coefficient (Wildman–Crippen LogP) is 5.78. The molecule has 0 aromatic heterocycles. The highest BCUT2D eigenvalue weighted by molar-refractivity contribution is 7.92. The number of rotatable bonds is 4. The van der Waals surface area contributed by atoms with Crippen molar-refractivity contribution in [3.05, 3.63) is 53.6 Å². The molecule has 14 heteroatoms. The summed E-state index contributed by atoms with van der Waals surface area (Å²) in [6.45, 7) is -0.151. The molecule has 0 bridgehead atoms. The van der Waals surface area contributed by atoms with Crippen molar-refractivity contribution in [2.45, 2.75) is 72.2 Å². The van der Waals surface area contributed by atoms with E-state index in [1.165, 1.54) is 29.0 Å². The lowest BCUT2D eigenvalue weighted by Crippen LogP contribution is -2.58. The number of anilines is 1. The average molecular weight is 639 g/mol. The van der Waals surface area contributed by atoms with E-state index in [4.69, 9.17) is 0 Å². The molecule has 1 aliphatic carbocycles. The summed E-state index contributed by atoms with van der Waals surface area (Å²) in [5.41, 5.74) is -7.70. The molecule has 1 amide bonds. The zero-order valence-corrected chi connectivity index (χ0v) is 24.6. The largest absolute Gasteiger partial charge is 0.435 e. The summed E-state index contributed by atoms with van der Waals surface area (Å²) in [6.07, 6.45) is -8.77. The average Bonchev–Trinajstić information content (AvgIpc) is 3.32. The number of likely N-dealkylation sites (N-methyl/N-ethyl adjacent to an activating group) is 1. The molecule has 5 nitrogen and oxygen atoms in total. The second kappa shape index (κ2) is 10.4. The van der Waals surface area contributed by atoms with E-state index in [0.29, 0.717) is 30.3 Å². The number of halogens is 7. The van der Waals surface area contributed by atoms with Gasteiger partial charge >= 0.3 is 18.0 Å². The summed E-state index contributed by atoms with van der Waals surface area (Å²) in [5.74, 6) is -0.504. The standard InChI is InChI=1S/C28H30F7N2O3PS/c1-36-16-23-25(42(39,40)20-10-8-19(41)9-11-20,13-14-37(23)24(38)17-5-3-2-4-6-17)21-12-7-18(15-22(21)36)26(29,27(30,31)32)28(33,34)35/h7-12,15,17,23H,2-6,13-14,16,41H2,1H3. The second-order valence-electron chi connectivity index (χ2n) is 11.4. The Morgan fingerprint density at radius 2 is 1.52 bits per heavy atom. The van der Waals surface area contributed by atoms with E-state index < -0.39 is 44.2 Å². The predicted molar refractivity (Wildman–Crippen MR) is 146 cm³/mol. The second-order valence-corrected chi connectivity index (χ2v) is 14.2. The molecule has 2 heterocycles. The molecule has 2 aromatic rings. The molecule has 2 aliphatic heterocycles. The Morgan fingerprint density at radius 3 is 2.10 bits per heavy atom. The maximum absolute atomic E-state index is 15.1. The molecule has 2 fully saturated rings. The van der Waals surface area contributed by atoms with Crippen LogP contribution < -0.4 is 10.2 Å². The quantitative estimate of drug-likeness (QED) is 0.315. The third kappa shape index (κ3) is 4.52. The summed E-state index contributed by atoms with van der Waals surface area (Å²) in [7, 11) is -0.581. The van der Waals surface area contributed by atoms with Gasteiger partial charge < -0.3 is 9.80 Å². The molecule has 0 radical (unpaired) electrons. The summed E-state index contributed by atoms with van der Waals surface area (Å²) >= 11 is 0. The molecular formula is C28H30F7N2O3PS. The minimum atomic E-state index is -6.32. The summed E-state index contributed by atoms with van der Waals surface area (Å²) in [4.78, 5) is 16.5. The highest BCUT2D eigenvalue weighted by atomic mass is 32.2. The van der Waals surface area contributed by atoms with E-state index in [0.717, 1.165) is 25.3 Å². The number of hydrogen-bond acceptors (Lipinski definition) is 4. The SMILES string of the molecule is CN1CC2N(C(=O)C3CCCCC3)CCC2(S(=O)(=O)c2ccc(P)cc2)c2ccc(C(F)(C(F)(F)F)C(F)(F)F)cc21. The topological polar surface area (TPSA) is 57.7 Å². The number of likely N-dealkylation sites (tertiary alicyclic amines) is 1. The molecular weight excluding hydrogens is 608 g/mol. The van der Waals surface area contributed by atoms with Gasteiger partial charge in [0.1, 0.15) is 4.75 Å². The van der Waals surface area contributed by atoms with Gasteiger partial charge in [0.05, 0.1) is 10.9 Å². The first-order valence-electron chi connectivity index (χ1n) is 13.6. The van der Waals surface area contributed by atoms with Crippen LogP contribution in [-0.4, -0.2) is 57.8 Å². The Hall–Kier alpha value is -2.40. The minimum Gasteiger partial charge on any atom is -0.372 e. The molecule has 1 saturated carbocycles. The molecule has 0 N–H and O–H groups in total. The van der Waals surface area contributed by atoms with Gasteiger partial charge in [0, 0.05) is 37.3 Å². The van der Waals surface area contributed by atoms with Gasteiger partial charge in [-0.25, -0.2) is 12.8 Å². The van der Waals surface area contributed by atoms with Gasteiger partial charge in [0.2, 0.25) is 5.91 Å². The lowest BCUT2D eigenvalue weighted by Gasteiger charge is -2.47. The molecule has 3 atom stereocenters. The number of fused-ring (bicyclic) bond motifs is 3. The van der Waals surface area contributed by atoms with Crippen LogP contribution in [0.15, 0.2) is 47.4 Å². The van der Waals surface area contributed by atoms with E-state index in [1.54, 1.807) is 12.1 Å². The lowest BCUT2D eigenvalue weighted by molar-refractivity contribution is -0.348. The third-order valence-corrected chi connectivity index (χ3v) is 12.0. The summed E-state index contributed by atoms with van der Waals surface area (Å²) in [5, 5.41) is 0.690. The van der Waals surface area contributed by atoms with Crippen molar-refractivity contribution in [3.63, 3.8) is 0 Å². The molecule has 3 aliphatic rings. The van der Waals surface area contributed by atoms with E-state index in [-0.39, 0.29) is 47.5 Å². The van der Waals surface area contributed by atoms with E-state index in [2.05, 4.69) is 9.24 Å². The van der Waals surface area contributed by atoms with Crippen molar-refractivity contribution in [2.75, 3.05) is 25.0 Å². The van der Waals surface area contributed by atoms with Gasteiger partial charge in [-0.2, -0.15) is 26.3 Å². The zero-order valence-electron chi connectivity index (χ0n) is 22.6. The fourth-order valence-electron chi connectivity index (χ4n) is 6.85. The highest BCUT2D eigenvalue weighted by Gasteiger charge is 2.74. The number of benzene rings is 2. The Morgan fingerprint density at radius 1 is 0.929 bits per heavy atom. The third-order valence-electron chi connectivity index (χ3n) is 9.04. The highest BCUT2D eigenvalue weighted by Crippen LogP contribution is 2.57. The molecule has 5 rings (SSSR count). The van der Waals surface area contributed by atoms with Crippen LogP contribution in [0, 0.1) is 5.92 Å². The number of hydrogen-bond donors (Lipinski definition) is 0. The first kappa shape index (κ1) is 31.0. The first-order chi connectivity index (χ1) is 19.5. The molecule has 2 aromatic carbocycles. The Bertz CT molecular complexity index is 1460. The first-order valence-corrected chi connectivity index (χ1v) is 15.6. The number of alkyl halides is 7. The van der Waals surface area contributed by atoms with Gasteiger partial charge in [-0.3, -0.25) is 4.79 Å². The Labute approximate surface area is 241 Å². The molecule has 1 saturated heterocycles. The van der Waals surface area contributed by atoms with Crippen LogP contribution in [-0.2, 0) is 25.0 Å². The maximum Gasteiger partial charge on any atom is 0.435 e. The zero-order chi connectivity index (χ0) is 30.9. The Kier molecular flexibility index (Phi) is 7.65. The summed E-state index contributed by atoms with van der Waals surface area (Å²) in [6, 6.07) is 6.54. The number of amides is 1. The fourth-order valence-corrected chi connectivity index (χ4v) is 9.34. The van der Waals surface area contributed by atoms with Crippen LogP contribution in [0.25, 0.3) is 0 Å². The number of sulfone groups is 1. The van der Waals surface area contributed by atoms with Gasteiger partial charge in [-0.05, 0) is 48.3 Å². The van der Waals surface area contributed by atoms with Crippen molar-refractivity contribution in [1.82, 2.24) is 4.90 Å². The molecule has 230 valence electrons. The van der Waals surface area contributed by atoms with E-state index in [1.807, 2.05) is 0 Å². The smallest absolute Gasteiger partial charge is 0.372 e. The van der Waals surface area contributed by atoms with Crippen LogP contribution in [0.3, 0.4) is 0 Å². The van der Waals surface area contributed by atoms with Crippen LogP contribution in [0.5, 0.6) is 0 Å². The molecule has 3 unspecified atom stereocenters. The normalized spacial score (nSPS) is 24.0. The van der Waals surface area contributed by atoms with Crippen LogP contribution in [0.2, 0.25) is 0 Å². The van der Waals surface area contributed by atoms with Crippen molar-refractivity contribution in [2.24, 2.45) is 5.92 Å². The van der Waals surface area contributed by atoms with E-state index >= 15 is 4.39 Å². The maximum atomic E-state index is 15.1. The van der Waals surface area contributed by atoms with Crippen molar-refractivity contribution in [3.8, 4) is 0 Å². The summed E-state index contributed by atoms with van der Waals surface area (Å²) < 4.78 is 124. The van der Waals surface area contributed by atoms with Crippen LogP contribution >= 0.6 is 9.24 Å². The number of carbonyl (C=O) groups is 1. The number of nitrogens with zero attached hydrogens (tertiary/aromatic N) is 2. The monoisotopic (exact) mass is 638 g/mol. The minimum absolute atomic E-state index is 0.0358. The molecule has 0 spiro atoms. The number of carbonyl (C=O) groups excluding carboxylic acids is 1.